The quantitative estimate of drug-likeness (QED) is 0.479. The maximum absolute atomic E-state index is 4.44. The summed E-state index contributed by atoms with van der Waals surface area (Å²) in [6, 6.07) is 15.1. The number of pyridine rings is 1. The Morgan fingerprint density at radius 1 is 1.05 bits per heavy atom. The molecule has 2 aromatic heterocycles. The zero-order valence-electron chi connectivity index (χ0n) is 12.0. The molecule has 0 aliphatic carbocycles. The predicted octanol–water partition coefficient (Wildman–Crippen LogP) is 4.25. The Hall–Kier alpha value is -2.26. The van der Waals surface area contributed by atoms with E-state index in [0.717, 1.165) is 5.52 Å². The van der Waals surface area contributed by atoms with E-state index in [1.165, 1.54) is 32.3 Å². The number of nitrogens with zero attached hydrogens (tertiary/aromatic N) is 2. The number of hydrogen-bond acceptors (Lipinski definition) is 2. The van der Waals surface area contributed by atoms with E-state index in [4.69, 9.17) is 0 Å². The van der Waals surface area contributed by atoms with Crippen LogP contribution in [-0.2, 0) is 7.05 Å². The van der Waals surface area contributed by atoms with Crippen molar-refractivity contribution in [3.63, 3.8) is 0 Å². The molecule has 2 nitrogen and oxygen atoms in total. The minimum absolute atomic E-state index is 1.07. The van der Waals surface area contributed by atoms with Gasteiger partial charge in [0.25, 0.3) is 0 Å². The highest BCUT2D eigenvalue weighted by Crippen LogP contribution is 2.33. The van der Waals surface area contributed by atoms with E-state index in [1.807, 2.05) is 5.51 Å². The van der Waals surface area contributed by atoms with Gasteiger partial charge in [0.1, 0.15) is 11.7 Å². The summed E-state index contributed by atoms with van der Waals surface area (Å²) in [7, 11) is 2.10. The lowest BCUT2D eigenvalue weighted by atomic mass is 9.97. The van der Waals surface area contributed by atoms with E-state index in [-0.39, 0.29) is 0 Å². The van der Waals surface area contributed by atoms with Crippen LogP contribution in [0.25, 0.3) is 32.2 Å². The molecule has 4 rings (SSSR count). The molecule has 0 amide bonds. The largest absolute Gasteiger partial charge is 0.244 e. The van der Waals surface area contributed by atoms with Gasteiger partial charge in [-0.15, -0.1) is 11.3 Å². The Morgan fingerprint density at radius 2 is 1.90 bits per heavy atom. The molecule has 2 aromatic carbocycles. The number of thiazole rings is 1. The molecule has 21 heavy (non-hydrogen) atoms. The second-order valence-electron chi connectivity index (χ2n) is 5.30. The van der Waals surface area contributed by atoms with Gasteiger partial charge in [-0.1, -0.05) is 30.3 Å². The summed E-state index contributed by atoms with van der Waals surface area (Å²) in [5, 5.41) is 2.61. The van der Waals surface area contributed by atoms with Crippen LogP contribution in [0.4, 0.5) is 0 Å². The van der Waals surface area contributed by atoms with Crippen molar-refractivity contribution in [2.75, 3.05) is 0 Å². The zero-order chi connectivity index (χ0) is 14.4. The van der Waals surface area contributed by atoms with Gasteiger partial charge in [0.05, 0.1) is 16.6 Å². The smallest absolute Gasteiger partial charge is 0.232 e. The fourth-order valence-electron chi connectivity index (χ4n) is 2.96. The molecular formula is C18H15N2S+. The first-order chi connectivity index (χ1) is 10.3. The third-order valence-electron chi connectivity index (χ3n) is 4.07. The van der Waals surface area contributed by atoms with Crippen LogP contribution in [-0.4, -0.2) is 4.98 Å². The highest BCUT2D eigenvalue weighted by Gasteiger charge is 2.19. The Kier molecular flexibility index (Phi) is 2.76. The molecule has 2 heterocycles. The summed E-state index contributed by atoms with van der Waals surface area (Å²) >= 11 is 1.71. The molecule has 0 atom stereocenters. The summed E-state index contributed by atoms with van der Waals surface area (Å²) in [4.78, 5) is 4.44. The lowest BCUT2D eigenvalue weighted by Gasteiger charge is -2.08. The van der Waals surface area contributed by atoms with Crippen molar-refractivity contribution in [2.45, 2.75) is 6.92 Å². The minimum atomic E-state index is 1.07. The Balaban J connectivity index is 2.11. The second-order valence-corrected chi connectivity index (χ2v) is 6.16. The normalized spacial score (nSPS) is 11.3. The molecule has 0 unspecified atom stereocenters. The average Bonchev–Trinajstić information content (AvgIpc) is 2.97. The first kappa shape index (κ1) is 12.5. The predicted molar refractivity (Wildman–Crippen MR) is 88.5 cm³/mol. The van der Waals surface area contributed by atoms with Crippen LogP contribution in [0.3, 0.4) is 0 Å². The fraction of sp³-hybridized carbons (Fsp3) is 0.111. The van der Waals surface area contributed by atoms with Crippen molar-refractivity contribution in [1.82, 2.24) is 4.98 Å². The van der Waals surface area contributed by atoms with Gasteiger partial charge in [-0.05, 0) is 29.3 Å². The molecule has 0 saturated heterocycles. The summed E-state index contributed by atoms with van der Waals surface area (Å²) in [6.07, 6.45) is 2.09. The van der Waals surface area contributed by atoms with Crippen LogP contribution in [0.1, 0.15) is 5.56 Å². The Bertz CT molecular complexity index is 969. The third-order valence-corrected chi connectivity index (χ3v) is 4.92. The number of fused-ring (bicyclic) bond motifs is 2. The topological polar surface area (TPSA) is 16.8 Å². The Morgan fingerprint density at radius 3 is 2.81 bits per heavy atom. The van der Waals surface area contributed by atoms with Crippen molar-refractivity contribution in [3.05, 3.63) is 59.7 Å². The third kappa shape index (κ3) is 1.85. The molecule has 4 aromatic rings. The van der Waals surface area contributed by atoms with Crippen LogP contribution in [0.5, 0.6) is 0 Å². The maximum atomic E-state index is 4.44. The van der Waals surface area contributed by atoms with Crippen molar-refractivity contribution < 1.29 is 4.57 Å². The van der Waals surface area contributed by atoms with Gasteiger partial charge >= 0.3 is 0 Å². The van der Waals surface area contributed by atoms with Crippen LogP contribution in [0.15, 0.2) is 54.2 Å². The van der Waals surface area contributed by atoms with Crippen LogP contribution in [0.2, 0.25) is 0 Å². The summed E-state index contributed by atoms with van der Waals surface area (Å²) in [6.45, 7) is 2.21. The van der Waals surface area contributed by atoms with E-state index in [9.17, 15) is 0 Å². The molecule has 0 saturated carbocycles. The summed E-state index contributed by atoms with van der Waals surface area (Å²) in [5.74, 6) is 0. The SMILES string of the molecule is Cc1c(-c2c3scnc3cc[n+]2C)ccc2ccccc12. The van der Waals surface area contributed by atoms with Gasteiger partial charge in [0.15, 0.2) is 6.20 Å². The highest BCUT2D eigenvalue weighted by molar-refractivity contribution is 7.17. The van der Waals surface area contributed by atoms with Crippen molar-refractivity contribution in [3.8, 4) is 11.3 Å². The highest BCUT2D eigenvalue weighted by atomic mass is 32.1. The van der Waals surface area contributed by atoms with Crippen molar-refractivity contribution in [1.29, 1.82) is 0 Å². The maximum Gasteiger partial charge on any atom is 0.232 e. The van der Waals surface area contributed by atoms with Crippen LogP contribution >= 0.6 is 11.3 Å². The average molecular weight is 291 g/mol. The zero-order valence-corrected chi connectivity index (χ0v) is 12.8. The van der Waals surface area contributed by atoms with E-state index >= 15 is 0 Å². The lowest BCUT2D eigenvalue weighted by Crippen LogP contribution is -2.30. The van der Waals surface area contributed by atoms with E-state index in [2.05, 4.69) is 72.2 Å². The van der Waals surface area contributed by atoms with E-state index < -0.39 is 0 Å². The monoisotopic (exact) mass is 291 g/mol. The number of benzene rings is 2. The first-order valence-electron chi connectivity index (χ1n) is 6.96. The van der Waals surface area contributed by atoms with Crippen molar-refractivity contribution in [2.24, 2.45) is 7.05 Å². The van der Waals surface area contributed by atoms with Crippen molar-refractivity contribution >= 4 is 32.3 Å². The molecule has 0 bridgehead atoms. The fourth-order valence-corrected chi connectivity index (χ4v) is 3.84. The molecule has 0 aliphatic rings. The second kappa shape index (κ2) is 4.64. The first-order valence-corrected chi connectivity index (χ1v) is 7.84. The molecule has 0 spiro atoms. The molecule has 102 valence electrons. The van der Waals surface area contributed by atoms with Gasteiger partial charge in [-0.3, -0.25) is 0 Å². The van der Waals surface area contributed by atoms with Crippen LogP contribution in [0, 0.1) is 6.92 Å². The molecule has 0 fully saturated rings. The van der Waals surface area contributed by atoms with Gasteiger partial charge in [-0.2, -0.15) is 4.57 Å². The standard InChI is InChI=1S/C18H15N2S/c1-12-14-6-4-3-5-13(14)7-8-15(12)17-18-16(19-11-21-18)9-10-20(17)2/h3-11H,1-2H3/q+1. The van der Waals surface area contributed by atoms with E-state index in [0.29, 0.717) is 0 Å². The molecule has 0 N–H and O–H groups in total. The van der Waals surface area contributed by atoms with E-state index in [1.54, 1.807) is 11.3 Å². The molecule has 0 radical (unpaired) electrons. The minimum Gasteiger partial charge on any atom is -0.244 e. The van der Waals surface area contributed by atoms with Gasteiger partial charge in [0.2, 0.25) is 5.69 Å². The van der Waals surface area contributed by atoms with Gasteiger partial charge in [-0.25, -0.2) is 4.98 Å². The summed E-state index contributed by atoms with van der Waals surface area (Å²) < 4.78 is 3.44. The van der Waals surface area contributed by atoms with Crippen LogP contribution < -0.4 is 4.57 Å². The lowest BCUT2D eigenvalue weighted by molar-refractivity contribution is -0.659. The van der Waals surface area contributed by atoms with Gasteiger partial charge in [0, 0.05) is 6.07 Å². The number of rotatable bonds is 1. The summed E-state index contributed by atoms with van der Waals surface area (Å²) in [5.41, 5.74) is 6.85. The number of hydrogen-bond donors (Lipinski definition) is 0. The Labute approximate surface area is 127 Å². The number of aromatic nitrogens is 2. The molecular weight excluding hydrogens is 276 g/mol. The molecule has 3 heteroatoms. The van der Waals surface area contributed by atoms with Gasteiger partial charge < -0.3 is 0 Å². The number of aryl methyl sites for hydroxylation is 2. The molecule has 0 aliphatic heterocycles.